The first-order chi connectivity index (χ1) is 9.21. The van der Waals surface area contributed by atoms with Gasteiger partial charge in [0.25, 0.3) is 0 Å². The Balaban J connectivity index is 2.08. The molecule has 0 heterocycles. The Hall–Kier alpha value is -2.23. The maximum atomic E-state index is 12.8. The molecule has 0 atom stereocenters. The number of hydrogen-bond donors (Lipinski definition) is 1. The van der Waals surface area contributed by atoms with E-state index in [0.29, 0.717) is 6.54 Å². The SMILES string of the molecule is COc1cc(NCc2ccc(F)cc2)cc(OC)c1. The van der Waals surface area contributed by atoms with Crippen LogP contribution in [0.5, 0.6) is 11.5 Å². The molecule has 0 unspecified atom stereocenters. The van der Waals surface area contributed by atoms with Gasteiger partial charge in [-0.2, -0.15) is 0 Å². The summed E-state index contributed by atoms with van der Waals surface area (Å²) < 4.78 is 23.2. The Bertz CT molecular complexity index is 518. The number of benzene rings is 2. The number of halogens is 1. The van der Waals surface area contributed by atoms with Crippen LogP contribution in [0.2, 0.25) is 0 Å². The lowest BCUT2D eigenvalue weighted by Gasteiger charge is -2.10. The van der Waals surface area contributed by atoms with Crippen LogP contribution in [-0.2, 0) is 6.54 Å². The first-order valence-electron chi connectivity index (χ1n) is 5.92. The van der Waals surface area contributed by atoms with E-state index in [4.69, 9.17) is 9.47 Å². The van der Waals surface area contributed by atoms with E-state index in [1.807, 2.05) is 18.2 Å². The van der Waals surface area contributed by atoms with E-state index >= 15 is 0 Å². The molecule has 0 aliphatic heterocycles. The molecule has 3 nitrogen and oxygen atoms in total. The monoisotopic (exact) mass is 261 g/mol. The molecule has 1 N–H and O–H groups in total. The summed E-state index contributed by atoms with van der Waals surface area (Å²) in [6, 6.07) is 12.0. The summed E-state index contributed by atoms with van der Waals surface area (Å²) in [6.07, 6.45) is 0. The van der Waals surface area contributed by atoms with Crippen molar-refractivity contribution in [3.63, 3.8) is 0 Å². The van der Waals surface area contributed by atoms with Crippen LogP contribution in [-0.4, -0.2) is 14.2 Å². The molecule has 0 aromatic heterocycles. The van der Waals surface area contributed by atoms with Gasteiger partial charge >= 0.3 is 0 Å². The highest BCUT2D eigenvalue weighted by Crippen LogP contribution is 2.26. The van der Waals surface area contributed by atoms with Gasteiger partial charge in [-0.25, -0.2) is 4.39 Å². The molecule has 0 radical (unpaired) electrons. The minimum Gasteiger partial charge on any atom is -0.497 e. The van der Waals surface area contributed by atoms with Crippen LogP contribution in [0, 0.1) is 5.82 Å². The first kappa shape index (κ1) is 13.2. The zero-order valence-electron chi connectivity index (χ0n) is 10.9. The van der Waals surface area contributed by atoms with Gasteiger partial charge in [0, 0.05) is 30.4 Å². The number of nitrogens with one attached hydrogen (secondary N) is 1. The summed E-state index contributed by atoms with van der Waals surface area (Å²) in [6.45, 7) is 0.608. The molecule has 0 amide bonds. The lowest BCUT2D eigenvalue weighted by molar-refractivity contribution is 0.394. The second-order valence-electron chi connectivity index (χ2n) is 4.08. The fourth-order valence-corrected chi connectivity index (χ4v) is 1.72. The van der Waals surface area contributed by atoms with Crippen molar-refractivity contribution < 1.29 is 13.9 Å². The van der Waals surface area contributed by atoms with E-state index < -0.39 is 0 Å². The topological polar surface area (TPSA) is 30.5 Å². The normalized spacial score (nSPS) is 10.1. The number of rotatable bonds is 5. The van der Waals surface area contributed by atoms with Gasteiger partial charge in [-0.1, -0.05) is 12.1 Å². The van der Waals surface area contributed by atoms with Gasteiger partial charge in [-0.05, 0) is 17.7 Å². The van der Waals surface area contributed by atoms with E-state index in [1.165, 1.54) is 12.1 Å². The van der Waals surface area contributed by atoms with Gasteiger partial charge in [-0.15, -0.1) is 0 Å². The average molecular weight is 261 g/mol. The minimum atomic E-state index is -0.230. The molecule has 0 aliphatic carbocycles. The van der Waals surface area contributed by atoms with Crippen molar-refractivity contribution in [3.8, 4) is 11.5 Å². The van der Waals surface area contributed by atoms with Crippen molar-refractivity contribution >= 4 is 5.69 Å². The van der Waals surface area contributed by atoms with Gasteiger partial charge < -0.3 is 14.8 Å². The Labute approximate surface area is 112 Å². The Morgan fingerprint density at radius 1 is 0.947 bits per heavy atom. The highest BCUT2D eigenvalue weighted by Gasteiger charge is 2.02. The van der Waals surface area contributed by atoms with E-state index in [-0.39, 0.29) is 5.82 Å². The Kier molecular flexibility index (Phi) is 4.23. The third-order valence-electron chi connectivity index (χ3n) is 2.76. The van der Waals surface area contributed by atoms with Crippen molar-refractivity contribution in [2.45, 2.75) is 6.54 Å². The largest absolute Gasteiger partial charge is 0.497 e. The van der Waals surface area contributed by atoms with Gasteiger partial charge in [-0.3, -0.25) is 0 Å². The quantitative estimate of drug-likeness (QED) is 0.894. The zero-order chi connectivity index (χ0) is 13.7. The zero-order valence-corrected chi connectivity index (χ0v) is 10.9. The smallest absolute Gasteiger partial charge is 0.124 e. The lowest BCUT2D eigenvalue weighted by Crippen LogP contribution is -2.00. The maximum absolute atomic E-state index is 12.8. The molecule has 19 heavy (non-hydrogen) atoms. The van der Waals surface area contributed by atoms with E-state index in [0.717, 1.165) is 22.7 Å². The molecule has 0 bridgehead atoms. The van der Waals surface area contributed by atoms with Crippen LogP contribution in [0.1, 0.15) is 5.56 Å². The average Bonchev–Trinajstić information content (AvgIpc) is 2.46. The highest BCUT2D eigenvalue weighted by molar-refractivity contribution is 5.54. The standard InChI is InChI=1S/C15H16FNO2/c1-18-14-7-13(8-15(9-14)19-2)17-10-11-3-5-12(16)6-4-11/h3-9,17H,10H2,1-2H3. The summed E-state index contributed by atoms with van der Waals surface area (Å²) in [5, 5.41) is 3.25. The molecule has 2 aromatic carbocycles. The molecule has 0 fully saturated rings. The van der Waals surface area contributed by atoms with Crippen molar-refractivity contribution in [3.05, 3.63) is 53.8 Å². The van der Waals surface area contributed by atoms with Crippen LogP contribution < -0.4 is 14.8 Å². The summed E-state index contributed by atoms with van der Waals surface area (Å²) in [5.41, 5.74) is 1.89. The van der Waals surface area contributed by atoms with Crippen molar-refractivity contribution in [2.24, 2.45) is 0 Å². The van der Waals surface area contributed by atoms with E-state index in [1.54, 1.807) is 26.4 Å². The summed E-state index contributed by atoms with van der Waals surface area (Å²) in [5.74, 6) is 1.22. The molecule has 0 saturated carbocycles. The van der Waals surface area contributed by atoms with E-state index in [2.05, 4.69) is 5.32 Å². The predicted octanol–water partition coefficient (Wildman–Crippen LogP) is 3.46. The van der Waals surface area contributed by atoms with Crippen LogP contribution in [0.25, 0.3) is 0 Å². The third kappa shape index (κ3) is 3.61. The summed E-state index contributed by atoms with van der Waals surface area (Å²) in [4.78, 5) is 0. The second-order valence-corrected chi connectivity index (χ2v) is 4.08. The number of ether oxygens (including phenoxy) is 2. The fraction of sp³-hybridized carbons (Fsp3) is 0.200. The molecule has 0 aliphatic rings. The summed E-state index contributed by atoms with van der Waals surface area (Å²) in [7, 11) is 3.22. The molecule has 0 saturated heterocycles. The molecular formula is C15H16FNO2. The Morgan fingerprint density at radius 2 is 1.53 bits per heavy atom. The van der Waals surface area contributed by atoms with Crippen LogP contribution in [0.3, 0.4) is 0 Å². The van der Waals surface area contributed by atoms with Crippen molar-refractivity contribution in [2.75, 3.05) is 19.5 Å². The summed E-state index contributed by atoms with van der Waals surface area (Å²) >= 11 is 0. The minimum absolute atomic E-state index is 0.230. The number of hydrogen-bond acceptors (Lipinski definition) is 3. The molecule has 4 heteroatoms. The Morgan fingerprint density at radius 3 is 2.05 bits per heavy atom. The molecule has 0 spiro atoms. The third-order valence-corrected chi connectivity index (χ3v) is 2.76. The maximum Gasteiger partial charge on any atom is 0.124 e. The van der Waals surface area contributed by atoms with Crippen LogP contribution in [0.4, 0.5) is 10.1 Å². The van der Waals surface area contributed by atoms with Gasteiger partial charge in [0.1, 0.15) is 17.3 Å². The van der Waals surface area contributed by atoms with Crippen LogP contribution >= 0.6 is 0 Å². The fourth-order valence-electron chi connectivity index (χ4n) is 1.72. The highest BCUT2D eigenvalue weighted by atomic mass is 19.1. The second kappa shape index (κ2) is 6.09. The first-order valence-corrected chi connectivity index (χ1v) is 5.92. The van der Waals surface area contributed by atoms with Gasteiger partial charge in [0.15, 0.2) is 0 Å². The van der Waals surface area contributed by atoms with Gasteiger partial charge in [0.05, 0.1) is 14.2 Å². The lowest BCUT2D eigenvalue weighted by atomic mass is 10.2. The molecular weight excluding hydrogens is 245 g/mol. The van der Waals surface area contributed by atoms with Crippen molar-refractivity contribution in [1.29, 1.82) is 0 Å². The molecule has 100 valence electrons. The molecule has 2 rings (SSSR count). The number of anilines is 1. The van der Waals surface area contributed by atoms with Crippen LogP contribution in [0.15, 0.2) is 42.5 Å². The van der Waals surface area contributed by atoms with E-state index in [9.17, 15) is 4.39 Å². The van der Waals surface area contributed by atoms with Crippen molar-refractivity contribution in [1.82, 2.24) is 0 Å². The van der Waals surface area contributed by atoms with Gasteiger partial charge in [0.2, 0.25) is 0 Å². The molecule has 2 aromatic rings. The number of methoxy groups -OCH3 is 2. The predicted molar refractivity (Wildman–Crippen MR) is 73.3 cm³/mol.